The summed E-state index contributed by atoms with van der Waals surface area (Å²) < 4.78 is 3.35. The number of nitrogens with zero attached hydrogens (tertiary/aromatic N) is 3. The fraction of sp³-hybridized carbons (Fsp3) is 0.111. The van der Waals surface area contributed by atoms with Gasteiger partial charge in [-0.15, -0.1) is 0 Å². The predicted octanol–water partition coefficient (Wildman–Crippen LogP) is 3.41. The van der Waals surface area contributed by atoms with Crippen LogP contribution in [0.2, 0.25) is 0 Å². The Bertz CT molecular complexity index is 1100. The van der Waals surface area contributed by atoms with Gasteiger partial charge in [0, 0.05) is 18.7 Å². The Hall–Kier alpha value is -3.20. The van der Waals surface area contributed by atoms with Gasteiger partial charge in [-0.05, 0) is 47.1 Å². The number of halogens is 1. The summed E-state index contributed by atoms with van der Waals surface area (Å²) in [5.41, 5.74) is 0.808. The van der Waals surface area contributed by atoms with Crippen LogP contribution in [0.5, 0.6) is 0 Å². The molecule has 0 saturated heterocycles. The van der Waals surface area contributed by atoms with Crippen molar-refractivity contribution < 1.29 is 9.72 Å². The quantitative estimate of drug-likeness (QED) is 0.506. The Labute approximate surface area is 162 Å². The molecule has 1 amide bonds. The highest BCUT2D eigenvalue weighted by Crippen LogP contribution is 2.26. The number of nitro benzene ring substituents is 1. The average Bonchev–Trinajstić information content (AvgIpc) is 2.86. The zero-order chi connectivity index (χ0) is 19.7. The number of amides is 1. The molecule has 3 aromatic rings. The van der Waals surface area contributed by atoms with Crippen molar-refractivity contribution >= 4 is 33.2 Å². The first-order chi connectivity index (χ1) is 12.8. The maximum atomic E-state index is 12.8. The van der Waals surface area contributed by atoms with Crippen molar-refractivity contribution in [2.24, 2.45) is 7.05 Å². The lowest BCUT2D eigenvalue weighted by atomic mass is 10.2. The fourth-order valence-corrected chi connectivity index (χ4v) is 3.08. The summed E-state index contributed by atoms with van der Waals surface area (Å²) in [6.07, 6.45) is 0. The number of carbonyl (C=O) groups is 1. The second kappa shape index (κ2) is 7.20. The molecule has 9 heteroatoms. The van der Waals surface area contributed by atoms with Gasteiger partial charge in [0.25, 0.3) is 17.2 Å². The summed E-state index contributed by atoms with van der Waals surface area (Å²) in [6, 6.07) is 13.1. The molecular formula is C18H15BrN4O4. The fourth-order valence-electron chi connectivity index (χ4n) is 2.69. The molecule has 0 aliphatic heterocycles. The van der Waals surface area contributed by atoms with E-state index in [4.69, 9.17) is 0 Å². The van der Waals surface area contributed by atoms with Gasteiger partial charge < -0.3 is 5.32 Å². The standard InChI is InChI=1S/C18H15BrN4O4/c1-11-16(18(25)22(21(11)2)13-6-4-3-5-7-13)20-17(24)12-8-9-14(19)15(10-12)23(26)27/h3-10H,1-2H3,(H,20,24). The van der Waals surface area contributed by atoms with Gasteiger partial charge in [0.1, 0.15) is 5.69 Å². The van der Waals surface area contributed by atoms with Gasteiger partial charge in [-0.25, -0.2) is 4.68 Å². The molecule has 0 bridgehead atoms. The number of para-hydroxylation sites is 1. The number of rotatable bonds is 4. The monoisotopic (exact) mass is 430 g/mol. The lowest BCUT2D eigenvalue weighted by molar-refractivity contribution is -0.385. The summed E-state index contributed by atoms with van der Waals surface area (Å²) in [7, 11) is 1.71. The molecule has 8 nitrogen and oxygen atoms in total. The molecule has 0 aliphatic rings. The number of carbonyl (C=O) groups excluding carboxylic acids is 1. The zero-order valence-corrected chi connectivity index (χ0v) is 16.1. The van der Waals surface area contributed by atoms with Crippen LogP contribution >= 0.6 is 15.9 Å². The van der Waals surface area contributed by atoms with Crippen molar-refractivity contribution in [2.45, 2.75) is 6.92 Å². The SMILES string of the molecule is Cc1c(NC(=O)c2ccc(Br)c([N+](=O)[O-])c2)c(=O)n(-c2ccccc2)n1C. The van der Waals surface area contributed by atoms with Crippen molar-refractivity contribution in [1.29, 1.82) is 0 Å². The molecule has 0 fully saturated rings. The largest absolute Gasteiger partial charge is 0.316 e. The van der Waals surface area contributed by atoms with Crippen LogP contribution in [0, 0.1) is 17.0 Å². The summed E-state index contributed by atoms with van der Waals surface area (Å²) in [6.45, 7) is 1.71. The first-order valence-corrected chi connectivity index (χ1v) is 8.70. The first kappa shape index (κ1) is 18.6. The second-order valence-electron chi connectivity index (χ2n) is 5.81. The Morgan fingerprint density at radius 2 is 1.85 bits per heavy atom. The van der Waals surface area contributed by atoms with E-state index >= 15 is 0 Å². The normalized spacial score (nSPS) is 10.6. The lowest BCUT2D eigenvalue weighted by Crippen LogP contribution is -2.23. The molecule has 27 heavy (non-hydrogen) atoms. The minimum Gasteiger partial charge on any atom is -0.316 e. The topological polar surface area (TPSA) is 99.2 Å². The highest BCUT2D eigenvalue weighted by Gasteiger charge is 2.21. The summed E-state index contributed by atoms with van der Waals surface area (Å²) >= 11 is 3.08. The molecule has 1 heterocycles. The van der Waals surface area contributed by atoms with E-state index in [2.05, 4.69) is 21.2 Å². The van der Waals surface area contributed by atoms with Crippen LogP contribution in [0.4, 0.5) is 11.4 Å². The molecular weight excluding hydrogens is 416 g/mol. The van der Waals surface area contributed by atoms with Crippen molar-refractivity contribution in [3.05, 3.63) is 84.7 Å². The molecule has 3 rings (SSSR count). The van der Waals surface area contributed by atoms with E-state index in [1.165, 1.54) is 16.8 Å². The van der Waals surface area contributed by atoms with E-state index in [1.54, 1.807) is 30.8 Å². The van der Waals surface area contributed by atoms with E-state index in [-0.39, 0.29) is 27.0 Å². The van der Waals surface area contributed by atoms with Crippen molar-refractivity contribution in [3.63, 3.8) is 0 Å². The molecule has 0 saturated carbocycles. The highest BCUT2D eigenvalue weighted by atomic mass is 79.9. The van der Waals surface area contributed by atoms with Gasteiger partial charge in [0.2, 0.25) is 0 Å². The molecule has 2 aromatic carbocycles. The van der Waals surface area contributed by atoms with E-state index < -0.39 is 10.8 Å². The number of anilines is 1. The number of nitrogens with one attached hydrogen (secondary N) is 1. The summed E-state index contributed by atoms with van der Waals surface area (Å²) in [5.74, 6) is -0.600. The molecule has 0 aliphatic carbocycles. The van der Waals surface area contributed by atoms with Crippen molar-refractivity contribution in [3.8, 4) is 5.69 Å². The zero-order valence-electron chi connectivity index (χ0n) is 14.5. The highest BCUT2D eigenvalue weighted by molar-refractivity contribution is 9.10. The van der Waals surface area contributed by atoms with E-state index in [1.807, 2.05) is 18.2 Å². The van der Waals surface area contributed by atoms with Crippen molar-refractivity contribution in [1.82, 2.24) is 9.36 Å². The number of benzene rings is 2. The van der Waals surface area contributed by atoms with Gasteiger partial charge in [-0.2, -0.15) is 0 Å². The third kappa shape index (κ3) is 3.41. The van der Waals surface area contributed by atoms with E-state index in [0.717, 1.165) is 6.07 Å². The van der Waals surface area contributed by atoms with Crippen LogP contribution < -0.4 is 10.9 Å². The van der Waals surface area contributed by atoms with E-state index in [0.29, 0.717) is 11.4 Å². The van der Waals surface area contributed by atoms with Gasteiger partial charge in [-0.1, -0.05) is 18.2 Å². The molecule has 1 aromatic heterocycles. The number of aromatic nitrogens is 2. The molecule has 1 N–H and O–H groups in total. The molecule has 138 valence electrons. The van der Waals surface area contributed by atoms with E-state index in [9.17, 15) is 19.7 Å². The van der Waals surface area contributed by atoms with Crippen LogP contribution in [0.1, 0.15) is 16.1 Å². The molecule has 0 spiro atoms. The van der Waals surface area contributed by atoms with Crippen LogP contribution in [0.15, 0.2) is 57.8 Å². The lowest BCUT2D eigenvalue weighted by Gasteiger charge is -2.07. The van der Waals surface area contributed by atoms with Crippen LogP contribution in [0.3, 0.4) is 0 Å². The molecule has 0 atom stereocenters. The summed E-state index contributed by atoms with van der Waals surface area (Å²) in [4.78, 5) is 35.8. The molecule has 0 unspecified atom stereocenters. The Morgan fingerprint density at radius 3 is 2.48 bits per heavy atom. The van der Waals surface area contributed by atoms with Gasteiger partial charge in [0.15, 0.2) is 0 Å². The smallest absolute Gasteiger partial charge is 0.295 e. The van der Waals surface area contributed by atoms with Crippen molar-refractivity contribution in [2.75, 3.05) is 5.32 Å². The second-order valence-corrected chi connectivity index (χ2v) is 6.67. The summed E-state index contributed by atoms with van der Waals surface area (Å²) in [5, 5.41) is 13.6. The minimum absolute atomic E-state index is 0.0822. The van der Waals surface area contributed by atoms with Crippen LogP contribution in [0.25, 0.3) is 5.69 Å². The predicted molar refractivity (Wildman–Crippen MR) is 104 cm³/mol. The number of hydrogen-bond donors (Lipinski definition) is 1. The van der Waals surface area contributed by atoms with Crippen LogP contribution in [-0.2, 0) is 7.05 Å². The third-order valence-electron chi connectivity index (χ3n) is 4.20. The number of hydrogen-bond acceptors (Lipinski definition) is 4. The molecule has 0 radical (unpaired) electrons. The average molecular weight is 431 g/mol. The Morgan fingerprint density at radius 1 is 1.19 bits per heavy atom. The van der Waals surface area contributed by atoms with Gasteiger partial charge in [-0.3, -0.25) is 24.4 Å². The maximum Gasteiger partial charge on any atom is 0.295 e. The Kier molecular flexibility index (Phi) is 4.95. The Balaban J connectivity index is 2.00. The van der Waals surface area contributed by atoms with Gasteiger partial charge in [0.05, 0.1) is 20.8 Å². The third-order valence-corrected chi connectivity index (χ3v) is 4.87. The minimum atomic E-state index is -0.600. The van der Waals surface area contributed by atoms with Gasteiger partial charge >= 0.3 is 0 Å². The van der Waals surface area contributed by atoms with Crippen LogP contribution in [-0.4, -0.2) is 20.2 Å². The maximum absolute atomic E-state index is 12.8. The first-order valence-electron chi connectivity index (χ1n) is 7.90. The number of nitro groups is 1.